The first kappa shape index (κ1) is 18.9. The van der Waals surface area contributed by atoms with Gasteiger partial charge in [-0.2, -0.15) is 0 Å². The standard InChI is InChI=1S/C19H21N3O4S/c1-24-17-11-16-15(10-18(17)25-7-4-8-27(2)23)19(22-12-21-16)26-14-6-3-5-13(20)9-14/h3,5-6,9-12H,4,7-8,20H2,1-2H3. The third kappa shape index (κ3) is 4.85. The normalized spacial score (nSPS) is 11.9. The average Bonchev–Trinajstić information content (AvgIpc) is 2.65. The molecule has 0 aliphatic heterocycles. The van der Waals surface area contributed by atoms with Crippen LogP contribution in [0, 0.1) is 0 Å². The molecule has 2 N–H and O–H groups in total. The Labute approximate surface area is 159 Å². The van der Waals surface area contributed by atoms with Gasteiger partial charge < -0.3 is 19.9 Å². The van der Waals surface area contributed by atoms with Crippen molar-refractivity contribution >= 4 is 27.4 Å². The molecule has 0 fully saturated rings. The highest BCUT2D eigenvalue weighted by molar-refractivity contribution is 7.84. The van der Waals surface area contributed by atoms with E-state index in [2.05, 4.69) is 9.97 Å². The first-order valence-electron chi connectivity index (χ1n) is 8.36. The summed E-state index contributed by atoms with van der Waals surface area (Å²) in [5.41, 5.74) is 7.08. The van der Waals surface area contributed by atoms with Gasteiger partial charge in [0.15, 0.2) is 11.5 Å². The van der Waals surface area contributed by atoms with Crippen molar-refractivity contribution in [3.8, 4) is 23.1 Å². The fourth-order valence-corrected chi connectivity index (χ4v) is 3.05. The Bertz CT molecular complexity index is 965. The van der Waals surface area contributed by atoms with Crippen LogP contribution >= 0.6 is 0 Å². The minimum atomic E-state index is -0.843. The summed E-state index contributed by atoms with van der Waals surface area (Å²) in [7, 11) is 0.727. The van der Waals surface area contributed by atoms with E-state index < -0.39 is 10.8 Å². The van der Waals surface area contributed by atoms with E-state index in [0.717, 1.165) is 0 Å². The molecule has 8 heteroatoms. The van der Waals surface area contributed by atoms with Crippen LogP contribution < -0.4 is 19.9 Å². The maximum Gasteiger partial charge on any atom is 0.230 e. The molecule has 3 rings (SSSR count). The van der Waals surface area contributed by atoms with Crippen LogP contribution in [0.2, 0.25) is 0 Å². The fourth-order valence-electron chi connectivity index (χ4n) is 2.53. The van der Waals surface area contributed by atoms with Crippen molar-refractivity contribution in [3.63, 3.8) is 0 Å². The zero-order chi connectivity index (χ0) is 19.2. The lowest BCUT2D eigenvalue weighted by molar-refractivity contribution is 0.295. The second-order valence-electron chi connectivity index (χ2n) is 5.85. The molecule has 0 bridgehead atoms. The number of ether oxygens (including phenoxy) is 3. The molecule has 1 unspecified atom stereocenters. The number of hydrogen-bond acceptors (Lipinski definition) is 7. The second kappa shape index (κ2) is 8.68. The number of methoxy groups -OCH3 is 1. The van der Waals surface area contributed by atoms with Crippen LogP contribution in [0.3, 0.4) is 0 Å². The van der Waals surface area contributed by atoms with Crippen molar-refractivity contribution in [2.75, 3.05) is 31.5 Å². The lowest BCUT2D eigenvalue weighted by Crippen LogP contribution is -2.04. The van der Waals surface area contributed by atoms with Crippen molar-refractivity contribution < 1.29 is 18.4 Å². The quantitative estimate of drug-likeness (QED) is 0.468. The largest absolute Gasteiger partial charge is 0.493 e. The Balaban J connectivity index is 1.90. The Kier molecular flexibility index (Phi) is 6.08. The third-order valence-corrected chi connectivity index (χ3v) is 4.65. The molecule has 27 heavy (non-hydrogen) atoms. The monoisotopic (exact) mass is 387 g/mol. The van der Waals surface area contributed by atoms with Crippen molar-refractivity contribution in [3.05, 3.63) is 42.7 Å². The molecule has 3 aromatic rings. The first-order chi connectivity index (χ1) is 13.1. The zero-order valence-corrected chi connectivity index (χ0v) is 16.0. The van der Waals surface area contributed by atoms with Gasteiger partial charge >= 0.3 is 0 Å². The van der Waals surface area contributed by atoms with Gasteiger partial charge in [0.1, 0.15) is 12.1 Å². The van der Waals surface area contributed by atoms with Crippen molar-refractivity contribution in [1.82, 2.24) is 9.97 Å². The highest BCUT2D eigenvalue weighted by atomic mass is 32.2. The zero-order valence-electron chi connectivity index (χ0n) is 15.2. The number of hydrogen-bond donors (Lipinski definition) is 1. The van der Waals surface area contributed by atoms with Gasteiger partial charge in [-0.05, 0) is 24.6 Å². The number of anilines is 1. The highest BCUT2D eigenvalue weighted by Crippen LogP contribution is 2.36. The van der Waals surface area contributed by atoms with Crippen LogP contribution in [0.5, 0.6) is 23.1 Å². The van der Waals surface area contributed by atoms with Crippen molar-refractivity contribution in [2.24, 2.45) is 0 Å². The predicted molar refractivity (Wildman–Crippen MR) is 106 cm³/mol. The molecule has 1 atom stereocenters. The lowest BCUT2D eigenvalue weighted by Gasteiger charge is -2.13. The van der Waals surface area contributed by atoms with Gasteiger partial charge in [-0.1, -0.05) is 6.07 Å². The van der Waals surface area contributed by atoms with Gasteiger partial charge in [0.2, 0.25) is 5.88 Å². The highest BCUT2D eigenvalue weighted by Gasteiger charge is 2.13. The number of fused-ring (bicyclic) bond motifs is 1. The van der Waals surface area contributed by atoms with Crippen molar-refractivity contribution in [2.45, 2.75) is 6.42 Å². The van der Waals surface area contributed by atoms with Gasteiger partial charge in [-0.3, -0.25) is 4.21 Å². The number of nitrogen functional groups attached to an aromatic ring is 1. The number of nitrogens with zero attached hydrogens (tertiary/aromatic N) is 2. The molecule has 7 nitrogen and oxygen atoms in total. The molecule has 1 aromatic heterocycles. The number of aromatic nitrogens is 2. The van der Waals surface area contributed by atoms with Gasteiger partial charge in [0.05, 0.1) is 24.6 Å². The Morgan fingerprint density at radius 1 is 1.15 bits per heavy atom. The molecule has 0 saturated heterocycles. The molecule has 0 amide bonds. The average molecular weight is 387 g/mol. The van der Waals surface area contributed by atoms with Crippen LogP contribution in [0.25, 0.3) is 10.9 Å². The van der Waals surface area contributed by atoms with E-state index in [1.807, 2.05) is 6.07 Å². The van der Waals surface area contributed by atoms with E-state index >= 15 is 0 Å². The SMILES string of the molecule is COc1cc2ncnc(Oc3cccc(N)c3)c2cc1OCCCS(C)=O. The summed E-state index contributed by atoms with van der Waals surface area (Å²) < 4.78 is 28.3. The molecular formula is C19H21N3O4S. The van der Waals surface area contributed by atoms with Gasteiger partial charge in [0, 0.05) is 40.6 Å². The summed E-state index contributed by atoms with van der Waals surface area (Å²) in [5.74, 6) is 2.68. The second-order valence-corrected chi connectivity index (χ2v) is 7.41. The Hall–Kier alpha value is -2.87. The van der Waals surface area contributed by atoms with Gasteiger partial charge in [0.25, 0.3) is 0 Å². The molecule has 0 aliphatic rings. The molecule has 142 valence electrons. The molecular weight excluding hydrogens is 366 g/mol. The Morgan fingerprint density at radius 2 is 2.00 bits per heavy atom. The number of nitrogens with two attached hydrogens (primary N) is 1. The van der Waals surface area contributed by atoms with E-state index in [0.29, 0.717) is 58.5 Å². The summed E-state index contributed by atoms with van der Waals surface area (Å²) in [6.45, 7) is 0.431. The molecule has 0 radical (unpaired) electrons. The fraction of sp³-hybridized carbons (Fsp3) is 0.263. The summed E-state index contributed by atoms with van der Waals surface area (Å²) in [5, 5.41) is 0.690. The molecule has 0 saturated carbocycles. The van der Waals surface area contributed by atoms with E-state index in [-0.39, 0.29) is 0 Å². The van der Waals surface area contributed by atoms with Crippen LogP contribution in [0.1, 0.15) is 6.42 Å². The van der Waals surface area contributed by atoms with E-state index in [9.17, 15) is 4.21 Å². The third-order valence-electron chi connectivity index (χ3n) is 3.79. The van der Waals surface area contributed by atoms with Gasteiger partial charge in [-0.15, -0.1) is 0 Å². The summed E-state index contributed by atoms with van der Waals surface area (Å²) in [4.78, 5) is 8.52. The Morgan fingerprint density at radius 3 is 2.74 bits per heavy atom. The van der Waals surface area contributed by atoms with Gasteiger partial charge in [-0.25, -0.2) is 9.97 Å². The number of benzene rings is 2. The van der Waals surface area contributed by atoms with E-state index in [4.69, 9.17) is 19.9 Å². The summed E-state index contributed by atoms with van der Waals surface area (Å²) >= 11 is 0. The van der Waals surface area contributed by atoms with E-state index in [1.165, 1.54) is 6.33 Å². The maximum absolute atomic E-state index is 11.2. The lowest BCUT2D eigenvalue weighted by atomic mass is 10.2. The maximum atomic E-state index is 11.2. The topological polar surface area (TPSA) is 96.6 Å². The minimum absolute atomic E-state index is 0.396. The molecule has 0 aliphatic carbocycles. The summed E-state index contributed by atoms with van der Waals surface area (Å²) in [6.07, 6.45) is 3.79. The smallest absolute Gasteiger partial charge is 0.230 e. The van der Waals surface area contributed by atoms with Crippen LogP contribution in [-0.4, -0.2) is 39.9 Å². The van der Waals surface area contributed by atoms with Crippen LogP contribution in [-0.2, 0) is 10.8 Å². The first-order valence-corrected chi connectivity index (χ1v) is 10.1. The number of rotatable bonds is 8. The summed E-state index contributed by atoms with van der Waals surface area (Å²) in [6, 6.07) is 10.7. The molecule has 2 aromatic carbocycles. The predicted octanol–water partition coefficient (Wildman–Crippen LogP) is 3.16. The van der Waals surface area contributed by atoms with Crippen LogP contribution in [0.15, 0.2) is 42.7 Å². The molecule has 1 heterocycles. The van der Waals surface area contributed by atoms with E-state index in [1.54, 1.807) is 43.7 Å². The van der Waals surface area contributed by atoms with Crippen molar-refractivity contribution in [1.29, 1.82) is 0 Å². The van der Waals surface area contributed by atoms with Crippen LogP contribution in [0.4, 0.5) is 5.69 Å². The molecule has 0 spiro atoms. The minimum Gasteiger partial charge on any atom is -0.493 e.